The summed E-state index contributed by atoms with van der Waals surface area (Å²) in [7, 11) is -1.06. The number of ether oxygens (including phenoxy) is 1. The average molecular weight is 334 g/mol. The van der Waals surface area contributed by atoms with Crippen LogP contribution in [-0.4, -0.2) is 28.5 Å². The van der Waals surface area contributed by atoms with Gasteiger partial charge in [0.1, 0.15) is 10.6 Å². The number of sulfonamides is 1. The zero-order valence-electron chi connectivity index (χ0n) is 13.1. The minimum absolute atomic E-state index is 0.0834. The number of hydrogen-bond acceptors (Lipinski definition) is 4. The van der Waals surface area contributed by atoms with Crippen molar-refractivity contribution in [1.29, 1.82) is 0 Å². The SMILES string of the molecule is CNS(=O)(=O)c1cc(C(=O)Nc2ccccc2C)ccc1OC. The highest BCUT2D eigenvalue weighted by atomic mass is 32.2. The molecule has 0 unspecified atom stereocenters. The first kappa shape index (κ1) is 17.0. The van der Waals surface area contributed by atoms with Crippen molar-refractivity contribution in [3.8, 4) is 5.75 Å². The Labute approximate surface area is 135 Å². The molecule has 0 aliphatic heterocycles. The maximum absolute atomic E-state index is 12.4. The van der Waals surface area contributed by atoms with Crippen LogP contribution in [0.25, 0.3) is 0 Å². The molecule has 0 atom stereocenters. The monoisotopic (exact) mass is 334 g/mol. The van der Waals surface area contributed by atoms with Gasteiger partial charge in [-0.2, -0.15) is 0 Å². The van der Waals surface area contributed by atoms with Crippen LogP contribution in [0.4, 0.5) is 5.69 Å². The standard InChI is InChI=1S/C16H18N2O4S/c1-11-6-4-5-7-13(11)18-16(19)12-8-9-14(22-3)15(10-12)23(20,21)17-2/h4-10,17H,1-3H3,(H,18,19). The second kappa shape index (κ2) is 6.80. The Morgan fingerprint density at radius 1 is 1.13 bits per heavy atom. The molecule has 1 amide bonds. The van der Waals surface area contributed by atoms with E-state index in [4.69, 9.17) is 4.74 Å². The Balaban J connectivity index is 2.39. The number of carbonyl (C=O) groups excluding carboxylic acids is 1. The number of anilines is 1. The Hall–Kier alpha value is -2.38. The van der Waals surface area contributed by atoms with E-state index in [1.807, 2.05) is 25.1 Å². The first-order chi connectivity index (χ1) is 10.9. The highest BCUT2D eigenvalue weighted by Crippen LogP contribution is 2.25. The molecule has 0 saturated heterocycles. The largest absolute Gasteiger partial charge is 0.495 e. The van der Waals surface area contributed by atoms with E-state index in [2.05, 4.69) is 10.0 Å². The average Bonchev–Trinajstić information content (AvgIpc) is 2.56. The number of hydrogen-bond donors (Lipinski definition) is 2. The summed E-state index contributed by atoms with van der Waals surface area (Å²) >= 11 is 0. The van der Waals surface area contributed by atoms with Crippen molar-refractivity contribution in [3.63, 3.8) is 0 Å². The summed E-state index contributed by atoms with van der Waals surface area (Å²) in [6, 6.07) is 11.6. The van der Waals surface area contributed by atoms with Crippen LogP contribution in [0.1, 0.15) is 15.9 Å². The molecule has 0 aromatic heterocycles. The molecular weight excluding hydrogens is 316 g/mol. The van der Waals surface area contributed by atoms with E-state index < -0.39 is 15.9 Å². The summed E-state index contributed by atoms with van der Waals surface area (Å²) < 4.78 is 31.4. The van der Waals surface area contributed by atoms with Gasteiger partial charge in [-0.1, -0.05) is 18.2 Å². The van der Waals surface area contributed by atoms with Crippen molar-refractivity contribution in [1.82, 2.24) is 4.72 Å². The van der Waals surface area contributed by atoms with E-state index in [0.717, 1.165) is 5.56 Å². The summed E-state index contributed by atoms with van der Waals surface area (Å²) in [6.45, 7) is 1.88. The van der Waals surface area contributed by atoms with Crippen LogP contribution in [-0.2, 0) is 10.0 Å². The second-order valence-corrected chi connectivity index (χ2v) is 6.70. The van der Waals surface area contributed by atoms with Gasteiger partial charge < -0.3 is 10.1 Å². The Kier molecular flexibility index (Phi) is 5.02. The van der Waals surface area contributed by atoms with Gasteiger partial charge in [0.05, 0.1) is 7.11 Å². The minimum Gasteiger partial charge on any atom is -0.495 e. The highest BCUT2D eigenvalue weighted by molar-refractivity contribution is 7.89. The normalized spacial score (nSPS) is 11.1. The molecule has 0 spiro atoms. The molecule has 0 saturated carbocycles. The van der Waals surface area contributed by atoms with Crippen molar-refractivity contribution >= 4 is 21.6 Å². The number of methoxy groups -OCH3 is 1. The van der Waals surface area contributed by atoms with E-state index in [9.17, 15) is 13.2 Å². The van der Waals surface area contributed by atoms with E-state index in [1.54, 1.807) is 6.07 Å². The third-order valence-corrected chi connectivity index (χ3v) is 4.81. The Morgan fingerprint density at radius 2 is 1.83 bits per heavy atom. The summed E-state index contributed by atoms with van der Waals surface area (Å²) in [5, 5.41) is 2.77. The number of amides is 1. The molecule has 0 fully saturated rings. The van der Waals surface area contributed by atoms with Gasteiger partial charge >= 0.3 is 0 Å². The lowest BCUT2D eigenvalue weighted by Crippen LogP contribution is -2.20. The van der Waals surface area contributed by atoms with Gasteiger partial charge in [0.25, 0.3) is 5.91 Å². The number of aryl methyl sites for hydroxylation is 1. The van der Waals surface area contributed by atoms with Crippen LogP contribution < -0.4 is 14.8 Å². The van der Waals surface area contributed by atoms with Crippen molar-refractivity contribution in [2.24, 2.45) is 0 Å². The number of nitrogens with one attached hydrogen (secondary N) is 2. The summed E-state index contributed by atoms with van der Waals surface area (Å²) in [4.78, 5) is 12.3. The lowest BCUT2D eigenvalue weighted by Gasteiger charge is -2.12. The Bertz CT molecular complexity index is 832. The van der Waals surface area contributed by atoms with E-state index in [-0.39, 0.29) is 16.2 Å². The lowest BCUT2D eigenvalue weighted by atomic mass is 10.1. The number of carbonyl (C=O) groups is 1. The minimum atomic E-state index is -3.73. The first-order valence-corrected chi connectivity index (χ1v) is 8.36. The zero-order chi connectivity index (χ0) is 17.0. The van der Waals surface area contributed by atoms with Crippen molar-refractivity contribution in [2.75, 3.05) is 19.5 Å². The van der Waals surface area contributed by atoms with Crippen LogP contribution in [0.3, 0.4) is 0 Å². The molecule has 2 rings (SSSR count). The van der Waals surface area contributed by atoms with Gasteiger partial charge in [0.2, 0.25) is 10.0 Å². The molecule has 0 radical (unpaired) electrons. The number of para-hydroxylation sites is 1. The number of benzene rings is 2. The molecule has 23 heavy (non-hydrogen) atoms. The number of rotatable bonds is 5. The quantitative estimate of drug-likeness (QED) is 0.877. The topological polar surface area (TPSA) is 84.5 Å². The third-order valence-electron chi connectivity index (χ3n) is 3.38. The third kappa shape index (κ3) is 3.69. The smallest absolute Gasteiger partial charge is 0.255 e. The molecule has 2 aromatic rings. The van der Waals surface area contributed by atoms with E-state index in [1.165, 1.54) is 32.4 Å². The molecule has 0 bridgehead atoms. The molecule has 2 aromatic carbocycles. The van der Waals surface area contributed by atoms with Crippen LogP contribution >= 0.6 is 0 Å². The maximum Gasteiger partial charge on any atom is 0.255 e. The van der Waals surface area contributed by atoms with Gasteiger partial charge in [-0.05, 0) is 43.8 Å². The summed E-state index contributed by atoms with van der Waals surface area (Å²) in [5.74, 6) is -0.221. The van der Waals surface area contributed by atoms with Gasteiger partial charge in [0.15, 0.2) is 0 Å². The molecule has 0 aliphatic carbocycles. The maximum atomic E-state index is 12.4. The van der Waals surface area contributed by atoms with Crippen molar-refractivity contribution < 1.29 is 17.9 Å². The second-order valence-electron chi connectivity index (χ2n) is 4.84. The molecule has 0 heterocycles. The molecule has 6 nitrogen and oxygen atoms in total. The van der Waals surface area contributed by atoms with Crippen LogP contribution in [0.2, 0.25) is 0 Å². The van der Waals surface area contributed by atoms with Gasteiger partial charge in [-0.3, -0.25) is 4.79 Å². The van der Waals surface area contributed by atoms with Crippen molar-refractivity contribution in [3.05, 3.63) is 53.6 Å². The van der Waals surface area contributed by atoms with Crippen LogP contribution in [0.15, 0.2) is 47.4 Å². The van der Waals surface area contributed by atoms with Gasteiger partial charge in [0, 0.05) is 11.3 Å². The fourth-order valence-electron chi connectivity index (χ4n) is 2.05. The predicted molar refractivity (Wildman–Crippen MR) is 88.4 cm³/mol. The fourth-order valence-corrected chi connectivity index (χ4v) is 2.96. The summed E-state index contributed by atoms with van der Waals surface area (Å²) in [5.41, 5.74) is 1.81. The van der Waals surface area contributed by atoms with E-state index >= 15 is 0 Å². The van der Waals surface area contributed by atoms with Crippen LogP contribution in [0, 0.1) is 6.92 Å². The molecule has 0 aliphatic rings. The van der Waals surface area contributed by atoms with Gasteiger partial charge in [-0.25, -0.2) is 13.1 Å². The fraction of sp³-hybridized carbons (Fsp3) is 0.188. The zero-order valence-corrected chi connectivity index (χ0v) is 13.9. The van der Waals surface area contributed by atoms with E-state index in [0.29, 0.717) is 5.69 Å². The van der Waals surface area contributed by atoms with Crippen LogP contribution in [0.5, 0.6) is 5.75 Å². The molecule has 122 valence electrons. The molecular formula is C16H18N2O4S. The first-order valence-electron chi connectivity index (χ1n) is 6.87. The molecule has 2 N–H and O–H groups in total. The van der Waals surface area contributed by atoms with Crippen molar-refractivity contribution in [2.45, 2.75) is 11.8 Å². The highest BCUT2D eigenvalue weighted by Gasteiger charge is 2.20. The lowest BCUT2D eigenvalue weighted by molar-refractivity contribution is 0.102. The van der Waals surface area contributed by atoms with Gasteiger partial charge in [-0.15, -0.1) is 0 Å². The Morgan fingerprint density at radius 3 is 2.43 bits per heavy atom. The predicted octanol–water partition coefficient (Wildman–Crippen LogP) is 2.16. The molecule has 7 heteroatoms. The summed E-state index contributed by atoms with van der Waals surface area (Å²) in [6.07, 6.45) is 0.